The molecule has 8 nitrogen and oxygen atoms in total. The quantitative estimate of drug-likeness (QED) is 0.821. The van der Waals surface area contributed by atoms with Gasteiger partial charge in [0.05, 0.1) is 12.1 Å². The van der Waals surface area contributed by atoms with E-state index in [0.717, 1.165) is 19.4 Å². The zero-order chi connectivity index (χ0) is 19.4. The van der Waals surface area contributed by atoms with Crippen molar-refractivity contribution in [2.75, 3.05) is 38.5 Å². The van der Waals surface area contributed by atoms with Gasteiger partial charge < -0.3 is 19.9 Å². The van der Waals surface area contributed by atoms with E-state index in [-0.39, 0.29) is 12.0 Å². The van der Waals surface area contributed by atoms with Crippen molar-refractivity contribution in [2.24, 2.45) is 5.92 Å². The summed E-state index contributed by atoms with van der Waals surface area (Å²) in [5.74, 6) is 0.917. The zero-order valence-corrected chi connectivity index (χ0v) is 16.4. The molecule has 0 atom stereocenters. The summed E-state index contributed by atoms with van der Waals surface area (Å²) in [6, 6.07) is 0. The van der Waals surface area contributed by atoms with E-state index in [1.165, 1.54) is 0 Å². The summed E-state index contributed by atoms with van der Waals surface area (Å²) in [4.78, 5) is 36.8. The van der Waals surface area contributed by atoms with E-state index in [0.29, 0.717) is 49.9 Å². The molecule has 1 N–H and O–H groups in total. The average Bonchev–Trinajstić information content (AvgIpc) is 3.00. The minimum Gasteiger partial charge on any atom is -0.441 e. The van der Waals surface area contributed by atoms with Gasteiger partial charge in [0.1, 0.15) is 5.60 Å². The molecule has 0 radical (unpaired) electrons. The van der Waals surface area contributed by atoms with E-state index in [1.54, 1.807) is 24.3 Å². The molecule has 1 aromatic rings. The summed E-state index contributed by atoms with van der Waals surface area (Å²) in [6.07, 6.45) is 6.32. The third kappa shape index (κ3) is 4.14. The van der Waals surface area contributed by atoms with E-state index < -0.39 is 5.60 Å². The van der Waals surface area contributed by atoms with Crippen LogP contribution in [-0.4, -0.2) is 70.6 Å². The zero-order valence-electron chi connectivity index (χ0n) is 16.4. The van der Waals surface area contributed by atoms with Crippen LogP contribution in [-0.2, 0) is 4.74 Å². The van der Waals surface area contributed by atoms with Gasteiger partial charge in [-0.05, 0) is 5.92 Å². The number of nitrogens with zero attached hydrogens (tertiary/aromatic N) is 4. The van der Waals surface area contributed by atoms with Crippen LogP contribution in [0.4, 0.5) is 10.7 Å². The lowest BCUT2D eigenvalue weighted by atomic mass is 9.90. The summed E-state index contributed by atoms with van der Waals surface area (Å²) in [7, 11) is 1.73. The minimum absolute atomic E-state index is 0.0780. The monoisotopic (exact) mass is 375 g/mol. The van der Waals surface area contributed by atoms with Gasteiger partial charge in [0.25, 0.3) is 5.91 Å². The van der Waals surface area contributed by atoms with Crippen molar-refractivity contribution in [3.63, 3.8) is 0 Å². The number of aromatic nitrogens is 2. The molecular weight excluding hydrogens is 346 g/mol. The number of piperidine rings is 1. The molecule has 0 bridgehead atoms. The van der Waals surface area contributed by atoms with Crippen molar-refractivity contribution < 1.29 is 14.3 Å². The minimum atomic E-state index is -0.452. The maximum atomic E-state index is 12.7. The van der Waals surface area contributed by atoms with Gasteiger partial charge in [0.15, 0.2) is 0 Å². The number of nitrogens with one attached hydrogen (secondary N) is 1. The first-order chi connectivity index (χ1) is 13.0. The van der Waals surface area contributed by atoms with Crippen molar-refractivity contribution in [2.45, 2.75) is 45.1 Å². The first-order valence-electron chi connectivity index (χ1n) is 9.77. The van der Waals surface area contributed by atoms with E-state index >= 15 is 0 Å². The molecule has 2 amide bonds. The van der Waals surface area contributed by atoms with Crippen molar-refractivity contribution >= 4 is 17.9 Å². The lowest BCUT2D eigenvalue weighted by Gasteiger charge is -2.37. The number of ether oxygens (including phenoxy) is 1. The van der Waals surface area contributed by atoms with Gasteiger partial charge in [0.2, 0.25) is 5.95 Å². The highest BCUT2D eigenvalue weighted by Crippen LogP contribution is 2.34. The maximum Gasteiger partial charge on any atom is 0.410 e. The molecule has 2 aliphatic rings. The topological polar surface area (TPSA) is 87.7 Å². The number of carbonyl (C=O) groups is 2. The first-order valence-corrected chi connectivity index (χ1v) is 9.77. The fraction of sp³-hybridized carbons (Fsp3) is 0.684. The number of hydrogen-bond donors (Lipinski definition) is 1. The van der Waals surface area contributed by atoms with Crippen LogP contribution in [0.2, 0.25) is 0 Å². The average molecular weight is 375 g/mol. The number of likely N-dealkylation sites (tertiary alicyclic amines) is 1. The van der Waals surface area contributed by atoms with Crippen molar-refractivity contribution in [3.05, 3.63) is 18.0 Å². The molecule has 2 saturated heterocycles. The highest BCUT2D eigenvalue weighted by Gasteiger charge is 2.47. The lowest BCUT2D eigenvalue weighted by Crippen LogP contribution is -2.49. The molecular formula is C19H29N5O3. The Morgan fingerprint density at radius 2 is 1.89 bits per heavy atom. The second-order valence-electron chi connectivity index (χ2n) is 7.45. The van der Waals surface area contributed by atoms with Crippen molar-refractivity contribution in [1.82, 2.24) is 19.8 Å². The second kappa shape index (κ2) is 8.10. The maximum absolute atomic E-state index is 12.7. The highest BCUT2D eigenvalue weighted by atomic mass is 16.6. The van der Waals surface area contributed by atoms with Gasteiger partial charge in [-0.3, -0.25) is 4.79 Å². The van der Waals surface area contributed by atoms with E-state index in [1.807, 2.05) is 4.90 Å². The number of carbonyl (C=O) groups excluding carboxylic acids is 2. The van der Waals surface area contributed by atoms with Crippen LogP contribution in [0.15, 0.2) is 12.4 Å². The Morgan fingerprint density at radius 1 is 1.26 bits per heavy atom. The van der Waals surface area contributed by atoms with Crippen LogP contribution in [0.3, 0.4) is 0 Å². The van der Waals surface area contributed by atoms with Crippen LogP contribution in [0.25, 0.3) is 0 Å². The predicted octanol–water partition coefficient (Wildman–Crippen LogP) is 2.38. The third-order valence-corrected chi connectivity index (χ3v) is 5.76. The summed E-state index contributed by atoms with van der Waals surface area (Å²) in [5, 5.41) is 2.84. The molecule has 1 aromatic heterocycles. The van der Waals surface area contributed by atoms with Gasteiger partial charge in [-0.2, -0.15) is 0 Å². The number of rotatable bonds is 6. The van der Waals surface area contributed by atoms with Crippen LogP contribution >= 0.6 is 0 Å². The molecule has 8 heteroatoms. The van der Waals surface area contributed by atoms with Crippen molar-refractivity contribution in [3.8, 4) is 0 Å². The number of amides is 2. The predicted molar refractivity (Wildman–Crippen MR) is 102 cm³/mol. The summed E-state index contributed by atoms with van der Waals surface area (Å²) in [6.45, 7) is 6.83. The van der Waals surface area contributed by atoms with E-state index in [2.05, 4.69) is 29.1 Å². The summed E-state index contributed by atoms with van der Waals surface area (Å²) < 4.78 is 5.77. The molecule has 148 valence electrons. The molecule has 0 unspecified atom stereocenters. The smallest absolute Gasteiger partial charge is 0.410 e. The SMILES string of the molecule is CCC(CC)CN1CC2(CCN(C(=O)c3cnc(NC)nc3)CC2)OC1=O. The van der Waals surface area contributed by atoms with Gasteiger partial charge in [-0.1, -0.05) is 26.7 Å². The third-order valence-electron chi connectivity index (χ3n) is 5.76. The van der Waals surface area contributed by atoms with Crippen LogP contribution < -0.4 is 5.32 Å². The standard InChI is InChI=1S/C19H29N5O3/c1-4-14(5-2)12-24-13-19(27-18(24)26)6-8-23(9-7-19)16(25)15-10-21-17(20-3)22-11-15/h10-11,14H,4-9,12-13H2,1-3H3,(H,20,21,22). The van der Waals surface area contributed by atoms with E-state index in [4.69, 9.17) is 4.74 Å². The molecule has 3 rings (SSSR count). The molecule has 1 spiro atoms. The Kier molecular flexibility index (Phi) is 5.82. The Bertz CT molecular complexity index is 666. The molecule has 27 heavy (non-hydrogen) atoms. The summed E-state index contributed by atoms with van der Waals surface area (Å²) >= 11 is 0. The molecule has 0 saturated carbocycles. The van der Waals surface area contributed by atoms with Gasteiger partial charge in [-0.25, -0.2) is 14.8 Å². The molecule has 0 aliphatic carbocycles. The normalized spacial score (nSPS) is 18.9. The van der Waals surface area contributed by atoms with Gasteiger partial charge in [0, 0.05) is 51.9 Å². The highest BCUT2D eigenvalue weighted by molar-refractivity contribution is 5.93. The lowest BCUT2D eigenvalue weighted by molar-refractivity contribution is 0.00310. The first kappa shape index (κ1) is 19.4. The van der Waals surface area contributed by atoms with Crippen LogP contribution in [0.5, 0.6) is 0 Å². The van der Waals surface area contributed by atoms with Crippen LogP contribution in [0.1, 0.15) is 49.9 Å². The number of hydrogen-bond acceptors (Lipinski definition) is 6. The molecule has 3 heterocycles. The Hall–Kier alpha value is -2.38. The Labute approximate surface area is 160 Å². The van der Waals surface area contributed by atoms with Crippen molar-refractivity contribution in [1.29, 1.82) is 0 Å². The molecule has 2 aliphatic heterocycles. The summed E-state index contributed by atoms with van der Waals surface area (Å²) in [5.41, 5.74) is 0.0237. The van der Waals surface area contributed by atoms with Gasteiger partial charge >= 0.3 is 6.09 Å². The van der Waals surface area contributed by atoms with Gasteiger partial charge in [-0.15, -0.1) is 0 Å². The molecule has 2 fully saturated rings. The Balaban J connectivity index is 1.58. The fourth-order valence-electron chi connectivity index (χ4n) is 3.82. The Morgan fingerprint density at radius 3 is 2.44 bits per heavy atom. The second-order valence-corrected chi connectivity index (χ2v) is 7.45. The molecule has 0 aromatic carbocycles. The largest absolute Gasteiger partial charge is 0.441 e. The number of anilines is 1. The van der Waals surface area contributed by atoms with Crippen LogP contribution in [0, 0.1) is 5.92 Å². The fourth-order valence-corrected chi connectivity index (χ4v) is 3.82. The van der Waals surface area contributed by atoms with E-state index in [9.17, 15) is 9.59 Å².